The Hall–Kier alpha value is -3.55. The molecule has 570 valence electrons. The summed E-state index contributed by atoms with van der Waals surface area (Å²) < 4.78 is 34.4. The Bertz CT molecular complexity index is 2220. The lowest BCUT2D eigenvalue weighted by molar-refractivity contribution is -0.379. The fraction of sp³-hybridized carbons (Fsp3) is 0.762. The van der Waals surface area contributed by atoms with Gasteiger partial charge in [0.2, 0.25) is 5.91 Å². The SMILES string of the molecule is CC/C=C\C/C=C\C/C=C\C/C=C\C/C=C\C/C=C\C/C=C\CCCCCCCC(=O)NC(COC1OC(CO)C(OC2OC(CO)C(OC3OC(CO)C(O)C(O)C3O)C(O)C2O)C(O)C1O)C(O)/C=C/CC/C=C/CCCCCCCCCCCCCCCCCCCCCCC. The molecular formula is C80H137NO18. The molecule has 0 aliphatic carbocycles. The van der Waals surface area contributed by atoms with Gasteiger partial charge in [-0.3, -0.25) is 4.79 Å². The Morgan fingerprint density at radius 1 is 0.374 bits per heavy atom. The van der Waals surface area contributed by atoms with Crippen molar-refractivity contribution in [2.75, 3.05) is 26.4 Å². The lowest BCUT2D eigenvalue weighted by Crippen LogP contribution is -2.66. The Labute approximate surface area is 595 Å². The number of nitrogens with one attached hydrogen (secondary N) is 1. The average molecular weight is 1400 g/mol. The lowest BCUT2D eigenvalue weighted by Gasteiger charge is -2.48. The molecular weight excluding hydrogens is 1260 g/mol. The molecule has 17 unspecified atom stereocenters. The van der Waals surface area contributed by atoms with Gasteiger partial charge in [0.1, 0.15) is 73.2 Å². The minimum absolute atomic E-state index is 0.206. The first-order valence-corrected chi connectivity index (χ1v) is 38.6. The number of rotatable bonds is 59. The van der Waals surface area contributed by atoms with Gasteiger partial charge in [0.15, 0.2) is 18.9 Å². The summed E-state index contributed by atoms with van der Waals surface area (Å²) >= 11 is 0. The Balaban J connectivity index is 1.43. The highest BCUT2D eigenvalue weighted by Gasteiger charge is 2.53. The molecule has 3 aliphatic rings. The highest BCUT2D eigenvalue weighted by atomic mass is 16.8. The summed E-state index contributed by atoms with van der Waals surface area (Å²) in [6, 6.07) is -1.01. The van der Waals surface area contributed by atoms with Crippen molar-refractivity contribution in [3.05, 3.63) is 109 Å². The molecule has 0 bridgehead atoms. The molecule has 0 aromatic carbocycles. The van der Waals surface area contributed by atoms with Crippen LogP contribution in [0.25, 0.3) is 0 Å². The molecule has 0 radical (unpaired) electrons. The number of amides is 1. The molecule has 3 aliphatic heterocycles. The van der Waals surface area contributed by atoms with E-state index in [2.05, 4.69) is 116 Å². The Kier molecular flexibility index (Phi) is 54.2. The second kappa shape index (κ2) is 59.8. The van der Waals surface area contributed by atoms with E-state index in [0.717, 1.165) is 96.3 Å². The van der Waals surface area contributed by atoms with E-state index in [4.69, 9.17) is 28.4 Å². The molecule has 1 amide bonds. The molecule has 3 fully saturated rings. The lowest BCUT2D eigenvalue weighted by atomic mass is 9.96. The first kappa shape index (κ1) is 89.7. The predicted octanol–water partition coefficient (Wildman–Crippen LogP) is 12.2. The topological polar surface area (TPSA) is 307 Å². The first-order valence-electron chi connectivity index (χ1n) is 38.6. The molecule has 0 saturated carbocycles. The summed E-state index contributed by atoms with van der Waals surface area (Å²) in [5.41, 5.74) is 0. The van der Waals surface area contributed by atoms with E-state index in [1.807, 2.05) is 6.08 Å². The second-order valence-electron chi connectivity index (χ2n) is 27.1. The van der Waals surface area contributed by atoms with E-state index >= 15 is 0 Å². The summed E-state index contributed by atoms with van der Waals surface area (Å²) in [7, 11) is 0. The van der Waals surface area contributed by atoms with Crippen molar-refractivity contribution in [2.24, 2.45) is 0 Å². The van der Waals surface area contributed by atoms with E-state index < -0.39 is 124 Å². The van der Waals surface area contributed by atoms with Gasteiger partial charge in [-0.05, 0) is 89.9 Å². The standard InChI is InChI=1S/C80H137NO18/c1-3-5-7-9-11-13-15-17-19-21-23-25-27-29-31-33-35-37-39-41-43-45-47-49-51-53-55-57-64(85)63(81-68(86)58-56-54-52-50-48-46-44-42-40-38-36-34-32-30-28-26-24-22-20-18-16-14-12-10-8-6-4-2)62-94-78-74(92)71(89)76(66(60-83)96-78)99-80-75(93)72(90)77(67(61-84)97-80)98-79-73(91)70(88)69(87)65(59-82)95-79/h6,8,12,14,18,20,24,26,30,32,36,38,42,44,47,49,55,57,63-67,69-80,82-85,87-93H,3-5,7,9-11,13,15-17,19,21-23,25,27-29,31,33-35,37,39-41,43,45-46,48,50-54,56,58-62H2,1-2H3,(H,81,86)/b8-6-,14-12-,20-18-,26-24-,32-30-,38-36-,44-42-,49-47+,57-55+. The maximum absolute atomic E-state index is 13.4. The zero-order valence-corrected chi connectivity index (χ0v) is 60.7. The third-order valence-electron chi connectivity index (χ3n) is 18.6. The van der Waals surface area contributed by atoms with Gasteiger partial charge in [0, 0.05) is 6.42 Å². The fourth-order valence-corrected chi connectivity index (χ4v) is 12.4. The summed E-state index contributed by atoms with van der Waals surface area (Å²) in [5.74, 6) is -0.307. The minimum atomic E-state index is -1.99. The van der Waals surface area contributed by atoms with E-state index in [1.54, 1.807) is 6.08 Å². The summed E-state index contributed by atoms with van der Waals surface area (Å²) in [6.07, 6.45) is 54.9. The van der Waals surface area contributed by atoms with Crippen LogP contribution in [-0.4, -0.2) is 193 Å². The summed E-state index contributed by atoms with van der Waals surface area (Å²) in [6.45, 7) is 1.60. The molecule has 99 heavy (non-hydrogen) atoms. The minimum Gasteiger partial charge on any atom is -0.394 e. The van der Waals surface area contributed by atoms with E-state index in [1.165, 1.54) is 128 Å². The number of carbonyl (C=O) groups is 1. The number of allylic oxidation sites excluding steroid dienone is 17. The van der Waals surface area contributed by atoms with Gasteiger partial charge in [0.25, 0.3) is 0 Å². The van der Waals surface area contributed by atoms with Crippen molar-refractivity contribution >= 4 is 5.91 Å². The number of unbranched alkanes of at least 4 members (excludes halogenated alkanes) is 27. The van der Waals surface area contributed by atoms with Gasteiger partial charge in [-0.1, -0.05) is 271 Å². The van der Waals surface area contributed by atoms with Crippen LogP contribution in [0.1, 0.15) is 258 Å². The Morgan fingerprint density at radius 3 is 1.13 bits per heavy atom. The molecule has 17 atom stereocenters. The molecule has 0 aromatic rings. The maximum Gasteiger partial charge on any atom is 0.220 e. The van der Waals surface area contributed by atoms with Crippen LogP contribution < -0.4 is 5.32 Å². The van der Waals surface area contributed by atoms with Gasteiger partial charge >= 0.3 is 0 Å². The molecule has 3 rings (SSSR count). The normalized spacial score (nSPS) is 27.2. The fourth-order valence-electron chi connectivity index (χ4n) is 12.4. The van der Waals surface area contributed by atoms with Crippen LogP contribution in [0.5, 0.6) is 0 Å². The number of hydrogen-bond acceptors (Lipinski definition) is 18. The van der Waals surface area contributed by atoms with Gasteiger partial charge in [0.05, 0.1) is 38.6 Å². The van der Waals surface area contributed by atoms with Crippen LogP contribution in [0.4, 0.5) is 0 Å². The average Bonchev–Trinajstić information content (AvgIpc) is 0.784. The molecule has 12 N–H and O–H groups in total. The molecule has 0 spiro atoms. The van der Waals surface area contributed by atoms with E-state index in [-0.39, 0.29) is 18.9 Å². The molecule has 19 nitrogen and oxygen atoms in total. The third-order valence-corrected chi connectivity index (χ3v) is 18.6. The number of ether oxygens (including phenoxy) is 6. The molecule has 0 aromatic heterocycles. The Morgan fingerprint density at radius 2 is 0.707 bits per heavy atom. The number of hydrogen-bond donors (Lipinski definition) is 12. The van der Waals surface area contributed by atoms with Gasteiger partial charge in [-0.2, -0.15) is 0 Å². The largest absolute Gasteiger partial charge is 0.394 e. The number of aliphatic hydroxyl groups is 11. The van der Waals surface area contributed by atoms with Crippen molar-refractivity contribution in [3.63, 3.8) is 0 Å². The van der Waals surface area contributed by atoms with Gasteiger partial charge in [-0.15, -0.1) is 0 Å². The highest BCUT2D eigenvalue weighted by Crippen LogP contribution is 2.33. The van der Waals surface area contributed by atoms with Crippen LogP contribution in [0.2, 0.25) is 0 Å². The quantitative estimate of drug-likeness (QED) is 0.0199. The second-order valence-corrected chi connectivity index (χ2v) is 27.1. The smallest absolute Gasteiger partial charge is 0.220 e. The first-order chi connectivity index (χ1) is 48.3. The van der Waals surface area contributed by atoms with Crippen molar-refractivity contribution < 1.29 is 89.4 Å². The third kappa shape index (κ3) is 40.3. The molecule has 3 saturated heterocycles. The van der Waals surface area contributed by atoms with Gasteiger partial charge < -0.3 is 89.9 Å². The van der Waals surface area contributed by atoms with Crippen molar-refractivity contribution in [1.82, 2.24) is 5.32 Å². The van der Waals surface area contributed by atoms with Crippen LogP contribution in [0.3, 0.4) is 0 Å². The zero-order valence-electron chi connectivity index (χ0n) is 60.7. The monoisotopic (exact) mass is 1400 g/mol. The summed E-state index contributed by atoms with van der Waals surface area (Å²) in [5, 5.41) is 121. The maximum atomic E-state index is 13.4. The van der Waals surface area contributed by atoms with Crippen LogP contribution in [0, 0.1) is 0 Å². The number of aliphatic hydroxyl groups excluding tert-OH is 11. The summed E-state index contributed by atoms with van der Waals surface area (Å²) in [4.78, 5) is 13.4. The zero-order chi connectivity index (χ0) is 71.8. The van der Waals surface area contributed by atoms with Crippen molar-refractivity contribution in [2.45, 2.75) is 362 Å². The van der Waals surface area contributed by atoms with Crippen molar-refractivity contribution in [1.29, 1.82) is 0 Å². The molecule has 19 heteroatoms. The number of carbonyl (C=O) groups excluding carboxylic acids is 1. The van der Waals surface area contributed by atoms with Crippen LogP contribution >= 0.6 is 0 Å². The molecule has 3 heterocycles. The predicted molar refractivity (Wildman–Crippen MR) is 392 cm³/mol. The van der Waals surface area contributed by atoms with E-state index in [0.29, 0.717) is 12.8 Å². The van der Waals surface area contributed by atoms with Crippen molar-refractivity contribution in [3.8, 4) is 0 Å². The van der Waals surface area contributed by atoms with Gasteiger partial charge in [-0.25, -0.2) is 0 Å². The van der Waals surface area contributed by atoms with Crippen LogP contribution in [0.15, 0.2) is 109 Å². The van der Waals surface area contributed by atoms with E-state index in [9.17, 15) is 61.0 Å². The highest BCUT2D eigenvalue weighted by molar-refractivity contribution is 5.76. The van der Waals surface area contributed by atoms with Crippen LogP contribution in [-0.2, 0) is 33.2 Å².